The molecular formula is C19H26IN6OP. The number of aromatic nitrogens is 5. The predicted molar refractivity (Wildman–Crippen MR) is 126 cm³/mol. The van der Waals surface area contributed by atoms with Crippen molar-refractivity contribution in [2.45, 2.75) is 33.8 Å². The maximum atomic E-state index is 6.25. The third-order valence-electron chi connectivity index (χ3n) is 4.56. The van der Waals surface area contributed by atoms with E-state index in [1.807, 2.05) is 25.3 Å². The molecule has 0 aliphatic rings. The fourth-order valence-corrected chi connectivity index (χ4v) is 4.89. The Labute approximate surface area is 180 Å². The third kappa shape index (κ3) is 3.95. The van der Waals surface area contributed by atoms with Gasteiger partial charge in [-0.3, -0.25) is 4.98 Å². The second-order valence-corrected chi connectivity index (χ2v) is 8.74. The van der Waals surface area contributed by atoms with Gasteiger partial charge in [-0.15, -0.1) is 0 Å². The Kier molecular flexibility index (Phi) is 6.73. The molecule has 2 atom stereocenters. The van der Waals surface area contributed by atoms with Gasteiger partial charge in [0.2, 0.25) is 5.88 Å². The lowest BCUT2D eigenvalue weighted by Gasteiger charge is -2.16. The first-order valence-electron chi connectivity index (χ1n) is 9.22. The Morgan fingerprint density at radius 3 is 2.75 bits per heavy atom. The van der Waals surface area contributed by atoms with Crippen molar-refractivity contribution in [3.05, 3.63) is 29.7 Å². The van der Waals surface area contributed by atoms with Crippen molar-refractivity contribution in [2.24, 2.45) is 7.05 Å². The van der Waals surface area contributed by atoms with E-state index in [2.05, 4.69) is 64.0 Å². The predicted octanol–water partition coefficient (Wildman–Crippen LogP) is 4.26. The number of nitrogens with zero attached hydrogens (tertiary/aromatic N) is 5. The van der Waals surface area contributed by atoms with Crippen LogP contribution in [0.5, 0.6) is 5.88 Å². The maximum absolute atomic E-state index is 6.25. The summed E-state index contributed by atoms with van der Waals surface area (Å²) in [5.41, 5.74) is 5.53. The van der Waals surface area contributed by atoms with Crippen LogP contribution in [-0.4, -0.2) is 43.5 Å². The number of nitrogens with one attached hydrogen (secondary N) is 1. The van der Waals surface area contributed by atoms with E-state index >= 15 is 0 Å². The Balaban J connectivity index is 2.13. The van der Waals surface area contributed by atoms with Crippen LogP contribution in [0, 0.1) is 13.8 Å². The Hall–Kier alpha value is -1.51. The first-order chi connectivity index (χ1) is 13.4. The van der Waals surface area contributed by atoms with Gasteiger partial charge in [-0.25, -0.2) is 9.13 Å². The molecule has 0 spiro atoms. The van der Waals surface area contributed by atoms with Gasteiger partial charge in [0, 0.05) is 19.0 Å². The van der Waals surface area contributed by atoms with Crippen molar-refractivity contribution in [1.82, 2.24) is 29.6 Å². The highest BCUT2D eigenvalue weighted by molar-refractivity contribution is 14.2. The van der Waals surface area contributed by atoms with Gasteiger partial charge in [-0.1, -0.05) is 13.5 Å². The number of hydrogen-bond donors (Lipinski definition) is 1. The van der Waals surface area contributed by atoms with Crippen LogP contribution in [0.1, 0.15) is 30.9 Å². The molecule has 0 saturated heterocycles. The van der Waals surface area contributed by atoms with Crippen molar-refractivity contribution in [3.63, 3.8) is 0 Å². The average molecular weight is 512 g/mol. The molecule has 2 unspecified atom stereocenters. The highest BCUT2D eigenvalue weighted by atomic mass is 127. The van der Waals surface area contributed by atoms with Crippen molar-refractivity contribution < 1.29 is 4.74 Å². The molecule has 9 heteroatoms. The van der Waals surface area contributed by atoms with Crippen LogP contribution < -0.4 is 10.1 Å². The zero-order chi connectivity index (χ0) is 20.4. The lowest BCUT2D eigenvalue weighted by atomic mass is 10.1. The quantitative estimate of drug-likeness (QED) is 0.361. The van der Waals surface area contributed by atoms with Gasteiger partial charge in [0.05, 0.1) is 40.2 Å². The van der Waals surface area contributed by atoms with Gasteiger partial charge in [0.25, 0.3) is 0 Å². The van der Waals surface area contributed by atoms with Crippen molar-refractivity contribution >= 4 is 45.4 Å². The zero-order valence-electron chi connectivity index (χ0n) is 16.9. The molecule has 3 heterocycles. The number of fused-ring (bicyclic) bond motifs is 1. The van der Waals surface area contributed by atoms with Gasteiger partial charge in [0.15, 0.2) is 0 Å². The van der Waals surface area contributed by atoms with Crippen LogP contribution in [0.2, 0.25) is 0 Å². The van der Waals surface area contributed by atoms with Gasteiger partial charge < -0.3 is 10.1 Å². The first kappa shape index (κ1) is 21.2. The van der Waals surface area contributed by atoms with E-state index in [9.17, 15) is 0 Å². The molecule has 0 aromatic carbocycles. The van der Waals surface area contributed by atoms with Crippen molar-refractivity contribution in [3.8, 4) is 17.1 Å². The van der Waals surface area contributed by atoms with Gasteiger partial charge in [-0.05, 0) is 61.5 Å². The molecule has 0 fully saturated rings. The zero-order valence-corrected chi connectivity index (χ0v) is 20.0. The van der Waals surface area contributed by atoms with Crippen LogP contribution >= 0.6 is 28.4 Å². The molecule has 1 N–H and O–H groups in total. The number of likely N-dealkylation sites (N-methyl/N-ethyl adjacent to an activating group) is 1. The van der Waals surface area contributed by atoms with E-state index in [4.69, 9.17) is 9.72 Å². The molecular weight excluding hydrogens is 486 g/mol. The summed E-state index contributed by atoms with van der Waals surface area (Å²) in [5, 5.41) is 13.6. The van der Waals surface area contributed by atoms with Crippen LogP contribution in [0.25, 0.3) is 28.2 Å². The fraction of sp³-hybridized carbons (Fsp3) is 0.421. The minimum absolute atomic E-state index is 0.0186. The van der Waals surface area contributed by atoms with E-state index in [1.54, 1.807) is 10.8 Å². The van der Waals surface area contributed by atoms with Crippen LogP contribution in [0.15, 0.2) is 12.6 Å². The summed E-state index contributed by atoms with van der Waals surface area (Å²) in [7, 11) is 1.90. The van der Waals surface area contributed by atoms with E-state index < -0.39 is 0 Å². The lowest BCUT2D eigenvalue weighted by Crippen LogP contribution is -2.29. The smallest absolute Gasteiger partial charge is 0.221 e. The normalized spacial score (nSPS) is 12.9. The molecule has 0 radical (unpaired) electrons. The van der Waals surface area contributed by atoms with E-state index in [1.165, 1.54) is 0 Å². The molecule has 0 aliphatic heterocycles. The first-order valence-corrected chi connectivity index (χ1v) is 13.3. The van der Waals surface area contributed by atoms with E-state index in [0.29, 0.717) is 6.37 Å². The largest absolute Gasteiger partial charge is 0.473 e. The topological polar surface area (TPSA) is 69.8 Å². The second-order valence-electron chi connectivity index (χ2n) is 6.70. The number of pyridine rings is 1. The number of aryl methyl sites for hydroxylation is 3. The number of halogens is 1. The van der Waals surface area contributed by atoms with Crippen LogP contribution in [0.3, 0.4) is 0 Å². The molecule has 3 aromatic rings. The Bertz CT molecular complexity index is 1010. The fourth-order valence-electron chi connectivity index (χ4n) is 3.33. The van der Waals surface area contributed by atoms with Crippen molar-refractivity contribution in [2.75, 3.05) is 13.1 Å². The molecule has 0 aliphatic carbocycles. The second kappa shape index (κ2) is 8.88. The van der Waals surface area contributed by atoms with Gasteiger partial charge in [-0.2, -0.15) is 10.2 Å². The Morgan fingerprint density at radius 1 is 1.36 bits per heavy atom. The summed E-state index contributed by atoms with van der Waals surface area (Å²) >= 11 is 2.33. The summed E-state index contributed by atoms with van der Waals surface area (Å²) in [4.78, 5) is 4.89. The minimum atomic E-state index is 0.0186. The number of rotatable bonds is 8. The number of ether oxygens (including phenoxy) is 1. The summed E-state index contributed by atoms with van der Waals surface area (Å²) in [6.07, 6.45) is 2.32. The van der Waals surface area contributed by atoms with E-state index in [0.717, 1.165) is 58.2 Å². The lowest BCUT2D eigenvalue weighted by molar-refractivity contribution is 0.201. The molecule has 0 bridgehead atoms. The van der Waals surface area contributed by atoms with Crippen LogP contribution in [-0.2, 0) is 7.05 Å². The Morgan fingerprint density at radius 2 is 2.11 bits per heavy atom. The molecule has 0 amide bonds. The standard InChI is InChI=1S/C19H26IN6OP/c1-7-15-14-9-16(22-13(5)18(14)26(24-15)28-20)17-12(4)23-25(6)19(17)27-11(3)10-21-8-2/h7,9,11,21,28H,1,8,10H2,2-6H3. The summed E-state index contributed by atoms with van der Waals surface area (Å²) in [6, 6.07) is 2.07. The van der Waals surface area contributed by atoms with Gasteiger partial charge in [0.1, 0.15) is 6.10 Å². The van der Waals surface area contributed by atoms with Gasteiger partial charge >= 0.3 is 0 Å². The summed E-state index contributed by atoms with van der Waals surface area (Å²) in [6.45, 7) is 13.8. The monoisotopic (exact) mass is 512 g/mol. The average Bonchev–Trinajstić information content (AvgIpc) is 3.16. The molecule has 3 rings (SSSR count). The molecule has 3 aromatic heterocycles. The molecule has 0 saturated carbocycles. The highest BCUT2D eigenvalue weighted by Crippen LogP contribution is 2.37. The summed E-state index contributed by atoms with van der Waals surface area (Å²) < 4.78 is 10.0. The SMILES string of the molecule is C=Cc1nn(PI)c2c(C)nc(-c3c(C)nn(C)c3OC(C)CNCC)cc12. The summed E-state index contributed by atoms with van der Waals surface area (Å²) in [5.74, 6) is 0.734. The minimum Gasteiger partial charge on any atom is -0.473 e. The third-order valence-corrected chi connectivity index (χ3v) is 6.41. The molecule has 150 valence electrons. The number of hydrogen-bond acceptors (Lipinski definition) is 5. The van der Waals surface area contributed by atoms with E-state index in [-0.39, 0.29) is 6.10 Å². The maximum Gasteiger partial charge on any atom is 0.221 e. The highest BCUT2D eigenvalue weighted by Gasteiger charge is 2.22. The molecule has 28 heavy (non-hydrogen) atoms. The van der Waals surface area contributed by atoms with Crippen LogP contribution in [0.4, 0.5) is 0 Å². The molecule has 7 nitrogen and oxygen atoms in total. The van der Waals surface area contributed by atoms with Crippen molar-refractivity contribution in [1.29, 1.82) is 0 Å².